The monoisotopic (exact) mass is 366 g/mol. The average molecular weight is 366 g/mol. The topological polar surface area (TPSA) is 65.5 Å². The molecular formula is C21H26N4O2. The maximum absolute atomic E-state index is 12.5. The van der Waals surface area contributed by atoms with Crippen LogP contribution in [-0.4, -0.2) is 53.3 Å². The Balaban J connectivity index is 1.56. The van der Waals surface area contributed by atoms with Crippen LogP contribution in [0.4, 0.5) is 5.69 Å². The molecule has 2 aromatic rings. The van der Waals surface area contributed by atoms with Crippen LogP contribution >= 0.6 is 0 Å². The molecule has 0 bridgehead atoms. The highest BCUT2D eigenvalue weighted by atomic mass is 16.2. The Hall–Kier alpha value is -2.73. The molecule has 1 aromatic heterocycles. The number of benzene rings is 1. The summed E-state index contributed by atoms with van der Waals surface area (Å²) in [5, 5.41) is 2.94. The van der Waals surface area contributed by atoms with Crippen molar-refractivity contribution in [2.45, 2.75) is 26.3 Å². The molecule has 1 aliphatic rings. The summed E-state index contributed by atoms with van der Waals surface area (Å²) in [7, 11) is 1.91. The van der Waals surface area contributed by atoms with Gasteiger partial charge in [-0.1, -0.05) is 0 Å². The summed E-state index contributed by atoms with van der Waals surface area (Å²) < 4.78 is 0. The van der Waals surface area contributed by atoms with Crippen molar-refractivity contribution in [2.75, 3.05) is 32.0 Å². The molecule has 0 unspecified atom stereocenters. The van der Waals surface area contributed by atoms with E-state index in [-0.39, 0.29) is 18.4 Å². The lowest BCUT2D eigenvalue weighted by molar-refractivity contribution is -0.117. The molecule has 0 spiro atoms. The van der Waals surface area contributed by atoms with Crippen LogP contribution in [0.1, 0.15) is 34.3 Å². The third kappa shape index (κ3) is 5.14. The second kappa shape index (κ2) is 8.77. The number of likely N-dealkylation sites (N-methyl/N-ethyl adjacent to an activating group) is 1. The standard InChI is InChI=1S/C21H26N4O2/c1-16-13-18(21(27)25-11-3-4-12-25)5-6-19(16)23-20(26)15-24(2)14-17-7-9-22-10-8-17/h5-10,13H,3-4,11-12,14-15H2,1-2H3,(H,23,26). The molecule has 1 aliphatic heterocycles. The summed E-state index contributed by atoms with van der Waals surface area (Å²) >= 11 is 0. The Morgan fingerprint density at radius 3 is 2.52 bits per heavy atom. The summed E-state index contributed by atoms with van der Waals surface area (Å²) in [5.41, 5.74) is 3.43. The highest BCUT2D eigenvalue weighted by Gasteiger charge is 2.20. The van der Waals surface area contributed by atoms with E-state index in [4.69, 9.17) is 0 Å². The average Bonchev–Trinajstić information content (AvgIpc) is 3.18. The second-order valence-electron chi connectivity index (χ2n) is 7.10. The third-order valence-corrected chi connectivity index (χ3v) is 4.76. The van der Waals surface area contributed by atoms with E-state index in [0.29, 0.717) is 12.1 Å². The van der Waals surface area contributed by atoms with Crippen molar-refractivity contribution in [1.29, 1.82) is 0 Å². The second-order valence-corrected chi connectivity index (χ2v) is 7.10. The van der Waals surface area contributed by atoms with Crippen LogP contribution < -0.4 is 5.32 Å². The Morgan fingerprint density at radius 1 is 1.15 bits per heavy atom. The highest BCUT2D eigenvalue weighted by molar-refractivity contribution is 5.97. The number of pyridine rings is 1. The van der Waals surface area contributed by atoms with E-state index < -0.39 is 0 Å². The number of aryl methyl sites for hydroxylation is 1. The predicted octanol–water partition coefficient (Wildman–Crippen LogP) is 2.70. The molecule has 2 amide bonds. The minimum atomic E-state index is -0.0757. The number of carbonyl (C=O) groups is 2. The largest absolute Gasteiger partial charge is 0.339 e. The Bertz CT molecular complexity index is 801. The molecule has 1 saturated heterocycles. The fourth-order valence-corrected chi connectivity index (χ4v) is 3.33. The van der Waals surface area contributed by atoms with Crippen LogP contribution in [0.3, 0.4) is 0 Å². The van der Waals surface area contributed by atoms with Crippen molar-refractivity contribution >= 4 is 17.5 Å². The van der Waals surface area contributed by atoms with Gasteiger partial charge in [0.1, 0.15) is 0 Å². The first-order chi connectivity index (χ1) is 13.0. The number of carbonyl (C=O) groups excluding carboxylic acids is 2. The van der Waals surface area contributed by atoms with Gasteiger partial charge in [0.25, 0.3) is 5.91 Å². The Labute approximate surface area is 160 Å². The number of nitrogens with zero attached hydrogens (tertiary/aromatic N) is 3. The lowest BCUT2D eigenvalue weighted by Crippen LogP contribution is -2.30. The van der Waals surface area contributed by atoms with Crippen molar-refractivity contribution in [2.24, 2.45) is 0 Å². The molecule has 1 aromatic carbocycles. The Kier molecular flexibility index (Phi) is 6.19. The van der Waals surface area contributed by atoms with E-state index in [0.717, 1.165) is 42.7 Å². The molecule has 3 rings (SSSR count). The van der Waals surface area contributed by atoms with E-state index in [1.165, 1.54) is 0 Å². The maximum atomic E-state index is 12.5. The molecular weight excluding hydrogens is 340 g/mol. The minimum absolute atomic E-state index is 0.0746. The summed E-state index contributed by atoms with van der Waals surface area (Å²) in [6.45, 7) is 4.55. The third-order valence-electron chi connectivity index (χ3n) is 4.76. The first-order valence-corrected chi connectivity index (χ1v) is 9.30. The number of anilines is 1. The molecule has 142 valence electrons. The molecule has 2 heterocycles. The van der Waals surface area contributed by atoms with Gasteiger partial charge in [-0.15, -0.1) is 0 Å². The maximum Gasteiger partial charge on any atom is 0.253 e. The van der Waals surface area contributed by atoms with Gasteiger partial charge < -0.3 is 10.2 Å². The van der Waals surface area contributed by atoms with Gasteiger partial charge in [-0.3, -0.25) is 19.5 Å². The van der Waals surface area contributed by atoms with Gasteiger partial charge in [0, 0.05) is 43.3 Å². The summed E-state index contributed by atoms with van der Waals surface area (Å²) in [5.74, 6) is -0.00108. The van der Waals surface area contributed by atoms with E-state index in [9.17, 15) is 9.59 Å². The van der Waals surface area contributed by atoms with E-state index >= 15 is 0 Å². The molecule has 0 radical (unpaired) electrons. The molecule has 27 heavy (non-hydrogen) atoms. The lowest BCUT2D eigenvalue weighted by atomic mass is 10.1. The number of rotatable bonds is 6. The number of hydrogen-bond donors (Lipinski definition) is 1. The van der Waals surface area contributed by atoms with Crippen molar-refractivity contribution < 1.29 is 9.59 Å². The van der Waals surface area contributed by atoms with E-state index in [2.05, 4.69) is 10.3 Å². The first kappa shape index (κ1) is 19.0. The van der Waals surface area contributed by atoms with Crippen LogP contribution in [0, 0.1) is 6.92 Å². The minimum Gasteiger partial charge on any atom is -0.339 e. The number of hydrogen-bond acceptors (Lipinski definition) is 4. The quantitative estimate of drug-likeness (QED) is 0.854. The van der Waals surface area contributed by atoms with E-state index in [1.807, 2.05) is 48.0 Å². The van der Waals surface area contributed by atoms with Crippen LogP contribution in [0.2, 0.25) is 0 Å². The molecule has 6 heteroatoms. The molecule has 0 saturated carbocycles. The van der Waals surface area contributed by atoms with Gasteiger partial charge in [-0.05, 0) is 68.3 Å². The molecule has 0 aliphatic carbocycles. The smallest absolute Gasteiger partial charge is 0.253 e. The van der Waals surface area contributed by atoms with Crippen molar-refractivity contribution in [3.63, 3.8) is 0 Å². The van der Waals surface area contributed by atoms with Crippen molar-refractivity contribution in [1.82, 2.24) is 14.8 Å². The number of likely N-dealkylation sites (tertiary alicyclic amines) is 1. The number of nitrogens with one attached hydrogen (secondary N) is 1. The SMILES string of the molecule is Cc1cc(C(=O)N2CCCC2)ccc1NC(=O)CN(C)Cc1ccncc1. The fraction of sp³-hybridized carbons (Fsp3) is 0.381. The van der Waals surface area contributed by atoms with Crippen LogP contribution in [0.15, 0.2) is 42.7 Å². The van der Waals surface area contributed by atoms with Gasteiger partial charge >= 0.3 is 0 Å². The van der Waals surface area contributed by atoms with E-state index in [1.54, 1.807) is 18.5 Å². The zero-order valence-electron chi connectivity index (χ0n) is 15.9. The zero-order chi connectivity index (χ0) is 19.2. The molecule has 1 fully saturated rings. The first-order valence-electron chi connectivity index (χ1n) is 9.30. The normalized spacial score (nSPS) is 13.8. The number of aromatic nitrogens is 1. The molecule has 6 nitrogen and oxygen atoms in total. The van der Waals surface area contributed by atoms with Gasteiger partial charge in [0.15, 0.2) is 0 Å². The fourth-order valence-electron chi connectivity index (χ4n) is 3.33. The summed E-state index contributed by atoms with van der Waals surface area (Å²) in [4.78, 5) is 32.7. The van der Waals surface area contributed by atoms with Crippen LogP contribution in [0.5, 0.6) is 0 Å². The van der Waals surface area contributed by atoms with Crippen LogP contribution in [-0.2, 0) is 11.3 Å². The van der Waals surface area contributed by atoms with Crippen LogP contribution in [0.25, 0.3) is 0 Å². The highest BCUT2D eigenvalue weighted by Crippen LogP contribution is 2.19. The summed E-state index contributed by atoms with van der Waals surface area (Å²) in [6, 6.07) is 9.35. The Morgan fingerprint density at radius 2 is 1.85 bits per heavy atom. The molecule has 0 atom stereocenters. The van der Waals surface area contributed by atoms with Gasteiger partial charge in [-0.2, -0.15) is 0 Å². The number of amides is 2. The van der Waals surface area contributed by atoms with Crippen molar-refractivity contribution in [3.8, 4) is 0 Å². The summed E-state index contributed by atoms with van der Waals surface area (Å²) in [6.07, 6.45) is 5.65. The lowest BCUT2D eigenvalue weighted by Gasteiger charge is -2.18. The zero-order valence-corrected chi connectivity index (χ0v) is 15.9. The van der Waals surface area contributed by atoms with Gasteiger partial charge in [0.2, 0.25) is 5.91 Å². The predicted molar refractivity (Wildman–Crippen MR) is 106 cm³/mol. The molecule has 1 N–H and O–H groups in total. The van der Waals surface area contributed by atoms with Gasteiger partial charge in [-0.25, -0.2) is 0 Å². The van der Waals surface area contributed by atoms with Gasteiger partial charge in [0.05, 0.1) is 6.54 Å². The van der Waals surface area contributed by atoms with Crippen molar-refractivity contribution in [3.05, 3.63) is 59.4 Å².